The Morgan fingerprint density at radius 2 is 2.12 bits per heavy atom. The number of thiazole rings is 1. The third-order valence-corrected chi connectivity index (χ3v) is 3.84. The van der Waals surface area contributed by atoms with Gasteiger partial charge in [-0.05, 0) is 18.2 Å². The SMILES string of the molecule is CC(C)(C)c1nc2ccc(C(=O)NO)cc2s1. The molecule has 1 aromatic heterocycles. The Labute approximate surface area is 103 Å². The molecule has 0 aliphatic heterocycles. The first kappa shape index (κ1) is 12.0. The molecular formula is C12H14N2O2S. The van der Waals surface area contributed by atoms with E-state index in [2.05, 4.69) is 25.8 Å². The van der Waals surface area contributed by atoms with Crippen molar-refractivity contribution < 1.29 is 10.0 Å². The maximum Gasteiger partial charge on any atom is 0.274 e. The molecule has 2 rings (SSSR count). The summed E-state index contributed by atoms with van der Waals surface area (Å²) in [5.74, 6) is -0.502. The fourth-order valence-electron chi connectivity index (χ4n) is 1.45. The molecule has 2 N–H and O–H groups in total. The van der Waals surface area contributed by atoms with Crippen molar-refractivity contribution in [1.82, 2.24) is 10.5 Å². The predicted molar refractivity (Wildman–Crippen MR) is 67.6 cm³/mol. The van der Waals surface area contributed by atoms with Crippen LogP contribution in [0.3, 0.4) is 0 Å². The number of carbonyl (C=O) groups is 1. The van der Waals surface area contributed by atoms with Gasteiger partial charge in [-0.3, -0.25) is 10.0 Å². The lowest BCUT2D eigenvalue weighted by Crippen LogP contribution is -2.18. The lowest BCUT2D eigenvalue weighted by molar-refractivity contribution is 0.0706. The highest BCUT2D eigenvalue weighted by Gasteiger charge is 2.19. The smallest absolute Gasteiger partial charge is 0.274 e. The molecule has 0 unspecified atom stereocenters. The van der Waals surface area contributed by atoms with Gasteiger partial charge in [-0.15, -0.1) is 11.3 Å². The minimum Gasteiger partial charge on any atom is -0.288 e. The molecule has 0 fully saturated rings. The number of hydroxylamine groups is 1. The van der Waals surface area contributed by atoms with Gasteiger partial charge in [-0.25, -0.2) is 10.5 Å². The zero-order valence-electron chi connectivity index (χ0n) is 9.94. The fourth-order valence-corrected chi connectivity index (χ4v) is 2.51. The summed E-state index contributed by atoms with van der Waals surface area (Å²) in [6, 6.07) is 5.19. The van der Waals surface area contributed by atoms with E-state index >= 15 is 0 Å². The van der Waals surface area contributed by atoms with E-state index in [4.69, 9.17) is 5.21 Å². The van der Waals surface area contributed by atoms with E-state index in [0.29, 0.717) is 5.56 Å². The van der Waals surface area contributed by atoms with E-state index in [-0.39, 0.29) is 5.41 Å². The molecule has 0 saturated heterocycles. The average Bonchev–Trinajstić information content (AvgIpc) is 2.70. The van der Waals surface area contributed by atoms with Crippen LogP contribution in [-0.4, -0.2) is 16.1 Å². The molecule has 0 saturated carbocycles. The first-order valence-corrected chi connectivity index (χ1v) is 6.09. The topological polar surface area (TPSA) is 62.2 Å². The number of fused-ring (bicyclic) bond motifs is 1. The summed E-state index contributed by atoms with van der Waals surface area (Å²) < 4.78 is 0.955. The summed E-state index contributed by atoms with van der Waals surface area (Å²) in [5, 5.41) is 9.62. The number of hydrogen-bond donors (Lipinski definition) is 2. The van der Waals surface area contributed by atoms with Gasteiger partial charge in [0.1, 0.15) is 0 Å². The molecule has 0 aliphatic carbocycles. The molecular weight excluding hydrogens is 236 g/mol. The zero-order valence-corrected chi connectivity index (χ0v) is 10.8. The van der Waals surface area contributed by atoms with Gasteiger partial charge in [0, 0.05) is 11.0 Å². The van der Waals surface area contributed by atoms with E-state index in [1.54, 1.807) is 35.0 Å². The summed E-state index contributed by atoms with van der Waals surface area (Å²) in [6.07, 6.45) is 0. The van der Waals surface area contributed by atoms with Gasteiger partial charge in [-0.2, -0.15) is 0 Å². The van der Waals surface area contributed by atoms with Crippen LogP contribution in [0.5, 0.6) is 0 Å². The molecule has 90 valence electrons. The van der Waals surface area contributed by atoms with Gasteiger partial charge in [0.25, 0.3) is 5.91 Å². The molecule has 2 aromatic rings. The minimum absolute atomic E-state index is 0.00306. The highest BCUT2D eigenvalue weighted by molar-refractivity contribution is 7.18. The first-order chi connectivity index (χ1) is 7.91. The Kier molecular flexibility index (Phi) is 2.89. The molecule has 0 bridgehead atoms. The number of aromatic nitrogens is 1. The monoisotopic (exact) mass is 250 g/mol. The van der Waals surface area contributed by atoms with E-state index in [1.807, 2.05) is 0 Å². The molecule has 4 nitrogen and oxygen atoms in total. The number of amides is 1. The largest absolute Gasteiger partial charge is 0.288 e. The number of carbonyl (C=O) groups excluding carboxylic acids is 1. The van der Waals surface area contributed by atoms with Crippen LogP contribution in [0, 0.1) is 0 Å². The van der Waals surface area contributed by atoms with Crippen molar-refractivity contribution in [3.05, 3.63) is 28.8 Å². The fraction of sp³-hybridized carbons (Fsp3) is 0.333. The maximum absolute atomic E-state index is 11.3. The highest BCUT2D eigenvalue weighted by atomic mass is 32.1. The Balaban J connectivity index is 2.52. The predicted octanol–water partition coefficient (Wildman–Crippen LogP) is 2.71. The molecule has 0 spiro atoms. The van der Waals surface area contributed by atoms with Crippen molar-refractivity contribution >= 4 is 27.5 Å². The van der Waals surface area contributed by atoms with Crippen molar-refractivity contribution in [3.8, 4) is 0 Å². The van der Waals surface area contributed by atoms with Crippen LogP contribution in [0.15, 0.2) is 18.2 Å². The Morgan fingerprint density at radius 1 is 1.41 bits per heavy atom. The molecule has 1 heterocycles. The Morgan fingerprint density at radius 3 is 2.71 bits per heavy atom. The molecule has 17 heavy (non-hydrogen) atoms. The van der Waals surface area contributed by atoms with Crippen LogP contribution in [-0.2, 0) is 5.41 Å². The summed E-state index contributed by atoms with van der Waals surface area (Å²) >= 11 is 1.57. The Bertz CT molecular complexity index is 569. The zero-order chi connectivity index (χ0) is 12.6. The van der Waals surface area contributed by atoms with E-state index < -0.39 is 5.91 Å². The second-order valence-corrected chi connectivity index (χ2v) is 5.92. The summed E-state index contributed by atoms with van der Waals surface area (Å²) in [4.78, 5) is 15.8. The van der Waals surface area contributed by atoms with Crippen molar-refractivity contribution in [2.45, 2.75) is 26.2 Å². The third kappa shape index (κ3) is 2.30. The molecule has 0 radical (unpaired) electrons. The quantitative estimate of drug-likeness (QED) is 0.604. The third-order valence-electron chi connectivity index (χ3n) is 2.39. The maximum atomic E-state index is 11.3. The molecule has 5 heteroatoms. The molecule has 0 atom stereocenters. The van der Waals surface area contributed by atoms with Crippen LogP contribution in [0.1, 0.15) is 36.1 Å². The second kappa shape index (κ2) is 4.09. The number of benzene rings is 1. The van der Waals surface area contributed by atoms with Crippen LogP contribution >= 0.6 is 11.3 Å². The van der Waals surface area contributed by atoms with Gasteiger partial charge < -0.3 is 0 Å². The van der Waals surface area contributed by atoms with Crippen LogP contribution in [0.4, 0.5) is 0 Å². The van der Waals surface area contributed by atoms with Crippen LogP contribution in [0.25, 0.3) is 10.2 Å². The van der Waals surface area contributed by atoms with Gasteiger partial charge in [0.15, 0.2) is 0 Å². The van der Waals surface area contributed by atoms with Gasteiger partial charge in [-0.1, -0.05) is 20.8 Å². The highest BCUT2D eigenvalue weighted by Crippen LogP contribution is 2.31. The standard InChI is InChI=1S/C12H14N2O2S/c1-12(2,3)11-13-8-5-4-7(10(15)14-16)6-9(8)17-11/h4-6,16H,1-3H3,(H,14,15). The number of rotatable bonds is 1. The van der Waals surface area contributed by atoms with Crippen LogP contribution < -0.4 is 5.48 Å². The van der Waals surface area contributed by atoms with E-state index in [9.17, 15) is 4.79 Å². The lowest BCUT2D eigenvalue weighted by atomic mass is 9.98. The Hall–Kier alpha value is -1.46. The number of nitrogens with zero attached hydrogens (tertiary/aromatic N) is 1. The summed E-state index contributed by atoms with van der Waals surface area (Å²) in [7, 11) is 0. The summed E-state index contributed by atoms with van der Waals surface area (Å²) in [5.41, 5.74) is 2.95. The van der Waals surface area contributed by atoms with Crippen molar-refractivity contribution in [2.75, 3.05) is 0 Å². The molecule has 1 amide bonds. The van der Waals surface area contributed by atoms with Crippen LogP contribution in [0.2, 0.25) is 0 Å². The van der Waals surface area contributed by atoms with Gasteiger partial charge in [0.2, 0.25) is 0 Å². The summed E-state index contributed by atoms with van der Waals surface area (Å²) in [6.45, 7) is 6.31. The minimum atomic E-state index is -0.502. The second-order valence-electron chi connectivity index (χ2n) is 4.89. The van der Waals surface area contributed by atoms with Gasteiger partial charge in [0.05, 0.1) is 15.2 Å². The molecule has 1 aromatic carbocycles. The number of nitrogens with one attached hydrogen (secondary N) is 1. The van der Waals surface area contributed by atoms with E-state index in [1.165, 1.54) is 0 Å². The lowest BCUT2D eigenvalue weighted by Gasteiger charge is -2.13. The van der Waals surface area contributed by atoms with Crippen molar-refractivity contribution in [3.63, 3.8) is 0 Å². The van der Waals surface area contributed by atoms with Crippen molar-refractivity contribution in [2.24, 2.45) is 0 Å². The number of hydrogen-bond acceptors (Lipinski definition) is 4. The van der Waals surface area contributed by atoms with E-state index in [0.717, 1.165) is 15.2 Å². The van der Waals surface area contributed by atoms with Crippen molar-refractivity contribution in [1.29, 1.82) is 0 Å². The van der Waals surface area contributed by atoms with Gasteiger partial charge >= 0.3 is 0 Å². The average molecular weight is 250 g/mol. The normalized spacial score (nSPS) is 11.8. The first-order valence-electron chi connectivity index (χ1n) is 5.27. The molecule has 0 aliphatic rings.